The summed E-state index contributed by atoms with van der Waals surface area (Å²) in [7, 11) is 0. The van der Waals surface area contributed by atoms with Gasteiger partial charge >= 0.3 is 0 Å². The highest BCUT2D eigenvalue weighted by molar-refractivity contribution is 5.33. The van der Waals surface area contributed by atoms with E-state index in [2.05, 4.69) is 4.99 Å². The summed E-state index contributed by atoms with van der Waals surface area (Å²) in [5.41, 5.74) is 5.11. The van der Waals surface area contributed by atoms with Crippen molar-refractivity contribution in [3.05, 3.63) is 0 Å². The van der Waals surface area contributed by atoms with Gasteiger partial charge in [0, 0.05) is 0 Å². The van der Waals surface area contributed by atoms with Crippen LogP contribution in [0.15, 0.2) is 4.99 Å². The fourth-order valence-corrected chi connectivity index (χ4v) is 0.105. The molecule has 0 spiro atoms. The lowest BCUT2D eigenvalue weighted by atomic mass is 10.4. The van der Waals surface area contributed by atoms with Crippen molar-refractivity contribution in [3.63, 3.8) is 0 Å². The maximum Gasteiger partial charge on any atom is 0.235 e. The first-order valence-corrected chi connectivity index (χ1v) is 3.33. The fraction of sp³-hybridized carbons (Fsp3) is 0.857. The molecule has 0 aromatic heterocycles. The van der Waals surface area contributed by atoms with Crippen LogP contribution in [0.3, 0.4) is 0 Å². The zero-order chi connectivity index (χ0) is 8.57. The summed E-state index contributed by atoms with van der Waals surface area (Å²) in [4.78, 5) is 12.6. The van der Waals surface area contributed by atoms with Crippen molar-refractivity contribution < 1.29 is 4.79 Å². The summed E-state index contributed by atoms with van der Waals surface area (Å²) in [6, 6.07) is 0.433. The fourth-order valence-electron chi connectivity index (χ4n) is 0.105. The minimum atomic E-state index is 0.0995. The van der Waals surface area contributed by atoms with E-state index in [1.54, 1.807) is 0 Å². The SMILES string of the molecule is CC(C)N.CC(C)N=C=O. The average molecular weight is 144 g/mol. The van der Waals surface area contributed by atoms with Crippen LogP contribution < -0.4 is 5.73 Å². The third-order valence-electron chi connectivity index (χ3n) is 0.311. The summed E-state index contributed by atoms with van der Waals surface area (Å²) >= 11 is 0. The Kier molecular flexibility index (Phi) is 10.1. The first kappa shape index (κ1) is 12.1. The number of isocyanates is 1. The Morgan fingerprint density at radius 2 is 1.60 bits per heavy atom. The molecule has 0 aliphatic rings. The van der Waals surface area contributed by atoms with Gasteiger partial charge in [0.2, 0.25) is 6.08 Å². The van der Waals surface area contributed by atoms with Crippen LogP contribution in [0.1, 0.15) is 27.7 Å². The van der Waals surface area contributed by atoms with Gasteiger partial charge in [-0.3, -0.25) is 0 Å². The van der Waals surface area contributed by atoms with Gasteiger partial charge in [-0.05, 0) is 19.9 Å². The van der Waals surface area contributed by atoms with E-state index in [9.17, 15) is 4.79 Å². The van der Waals surface area contributed by atoms with Crippen LogP contribution in [-0.2, 0) is 4.79 Å². The molecular formula is C7H16N2O. The van der Waals surface area contributed by atoms with Gasteiger partial charge in [-0.2, -0.15) is 0 Å². The highest BCUT2D eigenvalue weighted by atomic mass is 16.1. The van der Waals surface area contributed by atoms with Crippen molar-refractivity contribution in [2.45, 2.75) is 39.8 Å². The third kappa shape index (κ3) is 53.9. The second kappa shape index (κ2) is 8.34. The molecule has 0 radical (unpaired) electrons. The Balaban J connectivity index is 0. The first-order chi connectivity index (χ1) is 4.50. The second-order valence-corrected chi connectivity index (χ2v) is 2.56. The molecule has 60 valence electrons. The van der Waals surface area contributed by atoms with E-state index in [1.165, 1.54) is 6.08 Å². The normalized spacial score (nSPS) is 8.30. The Morgan fingerprint density at radius 3 is 1.60 bits per heavy atom. The van der Waals surface area contributed by atoms with Crippen LogP contribution in [0.5, 0.6) is 0 Å². The van der Waals surface area contributed by atoms with Gasteiger partial charge in [-0.1, -0.05) is 13.8 Å². The number of nitrogens with two attached hydrogens (primary N) is 1. The average Bonchev–Trinajstić information content (AvgIpc) is 1.62. The van der Waals surface area contributed by atoms with Crippen molar-refractivity contribution in [1.29, 1.82) is 0 Å². The molecule has 0 fully saturated rings. The van der Waals surface area contributed by atoms with Crippen molar-refractivity contribution in [2.24, 2.45) is 10.7 Å². The van der Waals surface area contributed by atoms with Crippen LogP contribution >= 0.6 is 0 Å². The zero-order valence-electron chi connectivity index (χ0n) is 7.09. The molecule has 0 aliphatic heterocycles. The molecule has 0 saturated carbocycles. The number of hydrogen-bond acceptors (Lipinski definition) is 3. The molecule has 0 bridgehead atoms. The molecule has 0 heterocycles. The lowest BCUT2D eigenvalue weighted by Gasteiger charge is -1.82. The van der Waals surface area contributed by atoms with E-state index in [1.807, 2.05) is 27.7 Å². The Morgan fingerprint density at radius 1 is 1.30 bits per heavy atom. The van der Waals surface area contributed by atoms with E-state index < -0.39 is 0 Å². The van der Waals surface area contributed by atoms with E-state index in [0.717, 1.165) is 0 Å². The third-order valence-corrected chi connectivity index (χ3v) is 0.311. The van der Waals surface area contributed by atoms with Crippen LogP contribution in [0.25, 0.3) is 0 Å². The van der Waals surface area contributed by atoms with E-state index in [0.29, 0.717) is 6.04 Å². The van der Waals surface area contributed by atoms with Crippen molar-refractivity contribution >= 4 is 6.08 Å². The standard InChI is InChI=1S/C4H7NO.C3H9N/c1-4(2)5-3-6;1-3(2)4/h4H,1-2H3;3H,4H2,1-2H3. The van der Waals surface area contributed by atoms with Gasteiger partial charge in [-0.15, -0.1) is 0 Å². The van der Waals surface area contributed by atoms with Crippen molar-refractivity contribution in [3.8, 4) is 0 Å². The van der Waals surface area contributed by atoms with Crippen LogP contribution in [-0.4, -0.2) is 18.2 Å². The quantitative estimate of drug-likeness (QED) is 0.442. The molecule has 0 unspecified atom stereocenters. The van der Waals surface area contributed by atoms with Crippen LogP contribution in [0, 0.1) is 0 Å². The molecular weight excluding hydrogens is 128 g/mol. The molecule has 0 rings (SSSR count). The van der Waals surface area contributed by atoms with Crippen molar-refractivity contribution in [2.75, 3.05) is 0 Å². The van der Waals surface area contributed by atoms with E-state index >= 15 is 0 Å². The van der Waals surface area contributed by atoms with Gasteiger partial charge in [0.25, 0.3) is 0 Å². The Hall–Kier alpha value is -0.660. The predicted octanol–water partition coefficient (Wildman–Crippen LogP) is 1.08. The molecule has 0 atom stereocenters. The highest BCUT2D eigenvalue weighted by Crippen LogP contribution is 1.78. The summed E-state index contributed by atoms with van der Waals surface area (Å²) in [5.74, 6) is 0. The first-order valence-electron chi connectivity index (χ1n) is 3.33. The monoisotopic (exact) mass is 144 g/mol. The van der Waals surface area contributed by atoms with Gasteiger partial charge in [-0.25, -0.2) is 9.79 Å². The molecule has 3 nitrogen and oxygen atoms in total. The lowest BCUT2D eigenvalue weighted by molar-refractivity contribution is 0.560. The lowest BCUT2D eigenvalue weighted by Crippen LogP contribution is -2.06. The molecule has 0 saturated heterocycles. The molecule has 0 aromatic rings. The predicted molar refractivity (Wildman–Crippen MR) is 42.6 cm³/mol. The minimum Gasteiger partial charge on any atom is -0.328 e. The summed E-state index contributed by atoms with van der Waals surface area (Å²) in [5, 5.41) is 0. The Labute approximate surface area is 62.3 Å². The summed E-state index contributed by atoms with van der Waals surface area (Å²) < 4.78 is 0. The molecule has 2 N–H and O–H groups in total. The zero-order valence-corrected chi connectivity index (χ0v) is 7.09. The van der Waals surface area contributed by atoms with Crippen LogP contribution in [0.4, 0.5) is 0 Å². The number of hydrogen-bond donors (Lipinski definition) is 1. The topological polar surface area (TPSA) is 55.4 Å². The summed E-state index contributed by atoms with van der Waals surface area (Å²) in [6.45, 7) is 7.54. The molecule has 3 heteroatoms. The maximum absolute atomic E-state index is 9.32. The number of nitrogens with zero attached hydrogens (tertiary/aromatic N) is 1. The molecule has 0 aromatic carbocycles. The van der Waals surface area contributed by atoms with Gasteiger partial charge < -0.3 is 5.73 Å². The van der Waals surface area contributed by atoms with Gasteiger partial charge in [0.1, 0.15) is 0 Å². The van der Waals surface area contributed by atoms with Crippen LogP contribution in [0.2, 0.25) is 0 Å². The largest absolute Gasteiger partial charge is 0.328 e. The molecule has 0 amide bonds. The van der Waals surface area contributed by atoms with E-state index in [4.69, 9.17) is 5.73 Å². The maximum atomic E-state index is 9.32. The molecule has 0 aliphatic carbocycles. The number of carbonyl (C=O) groups excluding carboxylic acids is 1. The highest BCUT2D eigenvalue weighted by Gasteiger charge is 1.78. The van der Waals surface area contributed by atoms with E-state index in [-0.39, 0.29) is 6.04 Å². The Bertz CT molecular complexity index is 101. The molecule has 10 heavy (non-hydrogen) atoms. The van der Waals surface area contributed by atoms with Crippen molar-refractivity contribution in [1.82, 2.24) is 0 Å². The second-order valence-electron chi connectivity index (χ2n) is 2.56. The van der Waals surface area contributed by atoms with Gasteiger partial charge in [0.05, 0.1) is 6.04 Å². The summed E-state index contributed by atoms with van der Waals surface area (Å²) in [6.07, 6.45) is 1.44. The number of rotatable bonds is 1. The minimum absolute atomic E-state index is 0.0995. The number of aliphatic imine (C=N–C) groups is 1. The smallest absolute Gasteiger partial charge is 0.235 e. The van der Waals surface area contributed by atoms with Gasteiger partial charge in [0.15, 0.2) is 0 Å².